The standard InChI is InChI=1S/C30H22Cl3NO2S2/c31-19-9-7-16(8-10-19)27-24(18-4-2-6-21(33)14-18)26-28(34-27)22(17-3-1-5-20(32)13-17)15-23(35)25(29(26)36)30-37-11-12-38-30/h1-10,13-14,22,24,27,34H,11-12,15H2/t22-,24-,27+/m0/s1. The minimum absolute atomic E-state index is 0.124. The van der Waals surface area contributed by atoms with Gasteiger partial charge in [0.1, 0.15) is 0 Å². The van der Waals surface area contributed by atoms with Crippen LogP contribution in [0.3, 0.4) is 0 Å². The second-order valence-electron chi connectivity index (χ2n) is 9.46. The van der Waals surface area contributed by atoms with Crippen molar-refractivity contribution in [1.82, 2.24) is 5.32 Å². The third-order valence-corrected chi connectivity index (χ3v) is 10.6. The fourth-order valence-corrected chi connectivity index (χ4v) is 8.64. The molecule has 3 nitrogen and oxygen atoms in total. The van der Waals surface area contributed by atoms with Crippen molar-refractivity contribution in [3.63, 3.8) is 0 Å². The summed E-state index contributed by atoms with van der Waals surface area (Å²) >= 11 is 22.3. The zero-order chi connectivity index (χ0) is 26.4. The number of ketones is 2. The summed E-state index contributed by atoms with van der Waals surface area (Å²) in [5.74, 6) is 0.764. The van der Waals surface area contributed by atoms with Crippen molar-refractivity contribution >= 4 is 69.9 Å². The van der Waals surface area contributed by atoms with Gasteiger partial charge in [-0.25, -0.2) is 0 Å². The molecule has 0 amide bonds. The van der Waals surface area contributed by atoms with E-state index in [0.29, 0.717) is 26.2 Å². The fourth-order valence-electron chi connectivity index (χ4n) is 5.54. The number of hydrogen-bond donors (Lipinski definition) is 1. The van der Waals surface area contributed by atoms with Crippen LogP contribution in [0.5, 0.6) is 0 Å². The van der Waals surface area contributed by atoms with E-state index in [0.717, 1.165) is 38.1 Å². The van der Waals surface area contributed by atoms with Crippen LogP contribution < -0.4 is 5.32 Å². The van der Waals surface area contributed by atoms with Crippen LogP contribution in [0.15, 0.2) is 93.9 Å². The summed E-state index contributed by atoms with van der Waals surface area (Å²) in [6.45, 7) is 0. The number of halogens is 3. The predicted molar refractivity (Wildman–Crippen MR) is 159 cm³/mol. The first-order valence-electron chi connectivity index (χ1n) is 12.3. The molecule has 3 aromatic rings. The number of allylic oxidation sites excluding steroid dienone is 2. The average molecular weight is 599 g/mol. The Morgan fingerprint density at radius 2 is 1.37 bits per heavy atom. The molecule has 6 rings (SSSR count). The van der Waals surface area contributed by atoms with Gasteiger partial charge in [0.25, 0.3) is 0 Å². The molecule has 2 heterocycles. The smallest absolute Gasteiger partial charge is 0.196 e. The molecule has 0 spiro atoms. The van der Waals surface area contributed by atoms with Crippen LogP contribution in [-0.2, 0) is 9.59 Å². The molecular weight excluding hydrogens is 577 g/mol. The highest BCUT2D eigenvalue weighted by Gasteiger charge is 2.47. The molecule has 0 bridgehead atoms. The maximum atomic E-state index is 14.5. The Balaban J connectivity index is 1.59. The third-order valence-electron chi connectivity index (χ3n) is 7.18. The van der Waals surface area contributed by atoms with Crippen LogP contribution in [0.4, 0.5) is 0 Å². The lowest BCUT2D eigenvalue weighted by atomic mass is 9.81. The lowest BCUT2D eigenvalue weighted by Crippen LogP contribution is -2.25. The summed E-state index contributed by atoms with van der Waals surface area (Å²) in [5.41, 5.74) is 4.53. The molecule has 38 heavy (non-hydrogen) atoms. The Kier molecular flexibility index (Phi) is 7.41. The van der Waals surface area contributed by atoms with Crippen LogP contribution in [0.1, 0.15) is 41.0 Å². The molecular formula is C30H22Cl3NO2S2. The molecule has 1 fully saturated rings. The second-order valence-corrected chi connectivity index (χ2v) is 13.2. The van der Waals surface area contributed by atoms with Crippen molar-refractivity contribution in [2.45, 2.75) is 24.3 Å². The number of nitrogens with one attached hydrogen (secondary N) is 1. The van der Waals surface area contributed by atoms with E-state index in [2.05, 4.69) is 5.32 Å². The van der Waals surface area contributed by atoms with E-state index < -0.39 is 0 Å². The van der Waals surface area contributed by atoms with E-state index >= 15 is 0 Å². The van der Waals surface area contributed by atoms with Gasteiger partial charge in [0.15, 0.2) is 11.6 Å². The predicted octanol–water partition coefficient (Wildman–Crippen LogP) is 8.35. The number of carbonyl (C=O) groups excluding carboxylic acids is 2. The Morgan fingerprint density at radius 3 is 2.03 bits per heavy atom. The molecule has 1 aliphatic carbocycles. The summed E-state index contributed by atoms with van der Waals surface area (Å²) in [6, 6.07) is 22.6. The van der Waals surface area contributed by atoms with Gasteiger partial charge in [0, 0.05) is 56.1 Å². The lowest BCUT2D eigenvalue weighted by molar-refractivity contribution is -0.119. The summed E-state index contributed by atoms with van der Waals surface area (Å²) in [4.78, 5) is 28.3. The van der Waals surface area contributed by atoms with Crippen LogP contribution in [-0.4, -0.2) is 23.1 Å². The molecule has 3 aliphatic rings. The molecule has 1 N–H and O–H groups in total. The minimum Gasteiger partial charge on any atom is -0.380 e. The van der Waals surface area contributed by atoms with Gasteiger partial charge < -0.3 is 5.32 Å². The topological polar surface area (TPSA) is 46.2 Å². The van der Waals surface area contributed by atoms with E-state index in [4.69, 9.17) is 34.8 Å². The zero-order valence-electron chi connectivity index (χ0n) is 20.0. The number of Topliss-reactive ketones (excluding diaryl/α,β-unsaturated/α-hetero) is 2. The number of benzene rings is 3. The van der Waals surface area contributed by atoms with E-state index in [-0.39, 0.29) is 35.9 Å². The number of carbonyl (C=O) groups is 2. The van der Waals surface area contributed by atoms with Crippen molar-refractivity contribution in [2.75, 3.05) is 11.5 Å². The fraction of sp³-hybridized carbons (Fsp3) is 0.200. The maximum absolute atomic E-state index is 14.5. The maximum Gasteiger partial charge on any atom is 0.196 e. The van der Waals surface area contributed by atoms with Crippen molar-refractivity contribution < 1.29 is 9.59 Å². The molecule has 192 valence electrons. The summed E-state index contributed by atoms with van der Waals surface area (Å²) < 4.78 is 0.832. The first kappa shape index (κ1) is 26.1. The van der Waals surface area contributed by atoms with Gasteiger partial charge in [-0.05, 0) is 53.1 Å². The monoisotopic (exact) mass is 597 g/mol. The molecule has 3 aromatic carbocycles. The SMILES string of the molecule is O=C1C[C@@H](c2cccc(Cl)c2)C2=C(C(=O)C1=C1SCCS1)[C@H](c1cccc(Cl)c1)[C@@H](c1ccc(Cl)cc1)N2. The highest BCUT2D eigenvalue weighted by atomic mass is 35.5. The normalized spacial score (nSPS) is 23.5. The first-order valence-corrected chi connectivity index (χ1v) is 15.4. The number of thioether (sulfide) groups is 2. The Bertz CT molecular complexity index is 1510. The number of hydrogen-bond acceptors (Lipinski definition) is 5. The van der Waals surface area contributed by atoms with Gasteiger partial charge in [-0.3, -0.25) is 9.59 Å². The summed E-state index contributed by atoms with van der Waals surface area (Å²) in [5, 5.41) is 5.53. The van der Waals surface area contributed by atoms with Crippen LogP contribution in [0.2, 0.25) is 15.1 Å². The van der Waals surface area contributed by atoms with E-state index in [1.165, 1.54) is 0 Å². The first-order chi connectivity index (χ1) is 18.4. The van der Waals surface area contributed by atoms with E-state index in [9.17, 15) is 9.59 Å². The van der Waals surface area contributed by atoms with Gasteiger partial charge >= 0.3 is 0 Å². The van der Waals surface area contributed by atoms with E-state index in [1.807, 2.05) is 72.8 Å². The molecule has 0 saturated carbocycles. The molecule has 3 atom stereocenters. The summed E-state index contributed by atoms with van der Waals surface area (Å²) in [6.07, 6.45) is 0.188. The zero-order valence-corrected chi connectivity index (χ0v) is 23.9. The van der Waals surface area contributed by atoms with Gasteiger partial charge in [-0.2, -0.15) is 0 Å². The molecule has 0 unspecified atom stereocenters. The molecule has 2 aliphatic heterocycles. The lowest BCUT2D eigenvalue weighted by Gasteiger charge is -2.25. The molecule has 1 saturated heterocycles. The second kappa shape index (κ2) is 10.8. The highest BCUT2D eigenvalue weighted by molar-refractivity contribution is 8.25. The Morgan fingerprint density at radius 1 is 0.737 bits per heavy atom. The van der Waals surface area contributed by atoms with Crippen LogP contribution in [0, 0.1) is 0 Å². The average Bonchev–Trinajstić information content (AvgIpc) is 3.54. The molecule has 0 aromatic heterocycles. The van der Waals surface area contributed by atoms with Gasteiger partial charge in [-0.15, -0.1) is 23.5 Å². The van der Waals surface area contributed by atoms with Crippen LogP contribution in [0.25, 0.3) is 0 Å². The minimum atomic E-state index is -0.350. The van der Waals surface area contributed by atoms with Crippen molar-refractivity contribution in [3.8, 4) is 0 Å². The van der Waals surface area contributed by atoms with Crippen molar-refractivity contribution in [1.29, 1.82) is 0 Å². The van der Waals surface area contributed by atoms with Gasteiger partial charge in [0.2, 0.25) is 0 Å². The summed E-state index contributed by atoms with van der Waals surface area (Å²) in [7, 11) is 0. The Hall–Kier alpha value is -2.15. The van der Waals surface area contributed by atoms with Gasteiger partial charge in [-0.1, -0.05) is 71.2 Å². The Labute approximate surface area is 245 Å². The third kappa shape index (κ3) is 4.84. The molecule has 0 radical (unpaired) electrons. The molecule has 8 heteroatoms. The van der Waals surface area contributed by atoms with Crippen LogP contribution >= 0.6 is 58.3 Å². The largest absolute Gasteiger partial charge is 0.380 e. The van der Waals surface area contributed by atoms with Gasteiger partial charge in [0.05, 0.1) is 15.9 Å². The van der Waals surface area contributed by atoms with E-state index in [1.54, 1.807) is 23.5 Å². The quantitative estimate of drug-likeness (QED) is 0.243. The number of rotatable bonds is 3. The van der Waals surface area contributed by atoms with Crippen molar-refractivity contribution in [3.05, 3.63) is 126 Å². The highest BCUT2D eigenvalue weighted by Crippen LogP contribution is 2.52. The van der Waals surface area contributed by atoms with Crippen molar-refractivity contribution in [2.24, 2.45) is 0 Å².